The molecule has 1 aliphatic carbocycles. The summed E-state index contributed by atoms with van der Waals surface area (Å²) in [6.07, 6.45) is 7.35. The van der Waals surface area contributed by atoms with E-state index >= 15 is 0 Å². The summed E-state index contributed by atoms with van der Waals surface area (Å²) in [5, 5.41) is 14.1. The molecule has 2 aromatic carbocycles. The minimum absolute atomic E-state index is 0.142. The Labute approximate surface area is 233 Å². The van der Waals surface area contributed by atoms with Gasteiger partial charge in [0, 0.05) is 13.0 Å². The Morgan fingerprint density at radius 3 is 2.33 bits per heavy atom. The number of nitrogens with one attached hydrogen (secondary N) is 1. The van der Waals surface area contributed by atoms with Crippen LogP contribution in [0.2, 0.25) is 0 Å². The maximum atomic E-state index is 12.9. The highest BCUT2D eigenvalue weighted by atomic mass is 32.2. The zero-order chi connectivity index (χ0) is 27.5. The molecule has 2 aliphatic rings. The SMILES string of the molecule is O=C(CCCCS(=O)(=O)C1CCCCC1)N[C@H](CN1CCCC1)[C@H](O)c1ccc(OCc2ccccc2)cc1. The van der Waals surface area contributed by atoms with E-state index in [0.29, 0.717) is 26.0 Å². The average Bonchev–Trinajstić information content (AvgIpc) is 3.48. The molecule has 39 heavy (non-hydrogen) atoms. The summed E-state index contributed by atoms with van der Waals surface area (Å²) >= 11 is 0. The van der Waals surface area contributed by atoms with Gasteiger partial charge in [-0.3, -0.25) is 4.79 Å². The van der Waals surface area contributed by atoms with Crippen molar-refractivity contribution in [2.45, 2.75) is 88.2 Å². The van der Waals surface area contributed by atoms with Gasteiger partial charge >= 0.3 is 0 Å². The second kappa shape index (κ2) is 14.8. The zero-order valence-corrected chi connectivity index (χ0v) is 23.8. The monoisotopic (exact) mass is 556 g/mol. The molecule has 1 saturated carbocycles. The zero-order valence-electron chi connectivity index (χ0n) is 23.0. The van der Waals surface area contributed by atoms with E-state index in [1.165, 1.54) is 0 Å². The first kappa shape index (κ1) is 29.6. The van der Waals surface area contributed by atoms with Crippen molar-refractivity contribution in [2.24, 2.45) is 0 Å². The molecule has 2 aromatic rings. The van der Waals surface area contributed by atoms with Gasteiger partial charge < -0.3 is 20.1 Å². The first-order valence-electron chi connectivity index (χ1n) is 14.6. The number of ether oxygens (including phenoxy) is 1. The summed E-state index contributed by atoms with van der Waals surface area (Å²) in [5.41, 5.74) is 1.81. The highest BCUT2D eigenvalue weighted by molar-refractivity contribution is 7.92. The molecule has 1 heterocycles. The molecule has 2 N–H and O–H groups in total. The van der Waals surface area contributed by atoms with E-state index in [-0.39, 0.29) is 23.3 Å². The lowest BCUT2D eigenvalue weighted by Gasteiger charge is -2.29. The van der Waals surface area contributed by atoms with Gasteiger partial charge in [0.15, 0.2) is 9.84 Å². The van der Waals surface area contributed by atoms with E-state index in [1.807, 2.05) is 54.6 Å². The van der Waals surface area contributed by atoms with Gasteiger partial charge in [-0.25, -0.2) is 8.42 Å². The predicted octanol–water partition coefficient (Wildman–Crippen LogP) is 4.80. The highest BCUT2D eigenvalue weighted by Gasteiger charge is 2.28. The van der Waals surface area contributed by atoms with Gasteiger partial charge in [0.2, 0.25) is 5.91 Å². The lowest BCUT2D eigenvalue weighted by Crippen LogP contribution is -2.46. The van der Waals surface area contributed by atoms with Crippen molar-refractivity contribution in [1.82, 2.24) is 10.2 Å². The number of aliphatic hydroxyl groups excluding tert-OH is 1. The van der Waals surface area contributed by atoms with Crippen LogP contribution in [0.3, 0.4) is 0 Å². The third-order valence-electron chi connectivity index (χ3n) is 7.99. The van der Waals surface area contributed by atoms with E-state index in [9.17, 15) is 18.3 Å². The number of benzene rings is 2. The quantitative estimate of drug-likeness (QED) is 0.325. The molecule has 0 radical (unpaired) electrons. The lowest BCUT2D eigenvalue weighted by molar-refractivity contribution is -0.123. The molecule has 8 heteroatoms. The molecule has 4 rings (SSSR count). The first-order chi connectivity index (χ1) is 18.9. The van der Waals surface area contributed by atoms with Crippen LogP contribution in [0.15, 0.2) is 54.6 Å². The Bertz CT molecular complexity index is 1110. The number of hydrogen-bond acceptors (Lipinski definition) is 6. The predicted molar refractivity (Wildman–Crippen MR) is 154 cm³/mol. The fourth-order valence-electron chi connectivity index (χ4n) is 5.66. The molecule has 2 atom stereocenters. The Morgan fingerprint density at radius 1 is 0.949 bits per heavy atom. The van der Waals surface area contributed by atoms with Gasteiger partial charge in [0.1, 0.15) is 18.5 Å². The third-order valence-corrected chi connectivity index (χ3v) is 10.3. The van der Waals surface area contributed by atoms with Crippen LogP contribution >= 0.6 is 0 Å². The number of nitrogens with zero attached hydrogens (tertiary/aromatic N) is 1. The van der Waals surface area contributed by atoms with Gasteiger partial charge in [-0.1, -0.05) is 61.7 Å². The molecule has 1 amide bonds. The van der Waals surface area contributed by atoms with E-state index in [0.717, 1.165) is 74.9 Å². The fraction of sp³-hybridized carbons (Fsp3) is 0.581. The van der Waals surface area contributed by atoms with Crippen LogP contribution in [0.1, 0.15) is 81.4 Å². The molecule has 0 aromatic heterocycles. The fourth-order valence-corrected chi connectivity index (χ4v) is 7.65. The average molecular weight is 557 g/mol. The summed E-state index contributed by atoms with van der Waals surface area (Å²) in [7, 11) is -3.08. The van der Waals surface area contributed by atoms with E-state index in [2.05, 4.69) is 10.2 Å². The normalized spacial score (nSPS) is 18.5. The molecule has 214 valence electrons. The number of likely N-dealkylation sites (tertiary alicyclic amines) is 1. The van der Waals surface area contributed by atoms with Gasteiger partial charge in [-0.05, 0) is 74.9 Å². The molecular formula is C31H44N2O5S. The van der Waals surface area contributed by atoms with Crippen molar-refractivity contribution >= 4 is 15.7 Å². The maximum absolute atomic E-state index is 12.9. The van der Waals surface area contributed by atoms with Crippen LogP contribution in [0.25, 0.3) is 0 Å². The summed E-state index contributed by atoms with van der Waals surface area (Å²) in [6, 6.07) is 16.9. The number of amides is 1. The second-order valence-corrected chi connectivity index (χ2v) is 13.5. The second-order valence-electron chi connectivity index (χ2n) is 11.1. The number of rotatable bonds is 14. The summed E-state index contributed by atoms with van der Waals surface area (Å²) in [4.78, 5) is 15.1. The van der Waals surface area contributed by atoms with Crippen molar-refractivity contribution < 1.29 is 23.1 Å². The minimum Gasteiger partial charge on any atom is -0.489 e. The Morgan fingerprint density at radius 2 is 1.64 bits per heavy atom. The molecule has 1 aliphatic heterocycles. The van der Waals surface area contributed by atoms with Gasteiger partial charge in [0.25, 0.3) is 0 Å². The molecule has 2 fully saturated rings. The lowest BCUT2D eigenvalue weighted by atomic mass is 10.0. The van der Waals surface area contributed by atoms with E-state index in [1.54, 1.807) is 0 Å². The summed E-state index contributed by atoms with van der Waals surface area (Å²) in [6.45, 7) is 2.97. The molecule has 0 bridgehead atoms. The summed E-state index contributed by atoms with van der Waals surface area (Å²) < 4.78 is 31.1. The smallest absolute Gasteiger partial charge is 0.220 e. The highest BCUT2D eigenvalue weighted by Crippen LogP contribution is 2.25. The number of sulfone groups is 1. The molecule has 0 unspecified atom stereocenters. The number of hydrogen-bond donors (Lipinski definition) is 2. The number of carbonyl (C=O) groups is 1. The molecule has 1 saturated heterocycles. The van der Waals surface area contributed by atoms with Crippen molar-refractivity contribution in [1.29, 1.82) is 0 Å². The Kier molecular flexibility index (Phi) is 11.2. The van der Waals surface area contributed by atoms with Gasteiger partial charge in [-0.2, -0.15) is 0 Å². The number of carbonyl (C=O) groups excluding carboxylic acids is 1. The standard InChI is InChI=1S/C31H44N2O5S/c34-30(15-7-10-22-39(36,37)28-13-5-2-6-14-28)32-29(23-33-20-8-9-21-33)31(35)26-16-18-27(19-17-26)38-24-25-11-3-1-4-12-25/h1,3-4,11-12,16-19,28-29,31,35H,2,5-10,13-15,20-24H2,(H,32,34)/t29-,31-/m1/s1. The molecule has 7 nitrogen and oxygen atoms in total. The Balaban J connectivity index is 1.28. The van der Waals surface area contributed by atoms with Crippen LogP contribution in [0, 0.1) is 0 Å². The van der Waals surface area contributed by atoms with Crippen LogP contribution in [0.4, 0.5) is 0 Å². The minimum atomic E-state index is -3.08. The van der Waals surface area contributed by atoms with Gasteiger partial charge in [0.05, 0.1) is 17.0 Å². The molecule has 0 spiro atoms. The van der Waals surface area contributed by atoms with Crippen LogP contribution < -0.4 is 10.1 Å². The number of unbranched alkanes of at least 4 members (excludes halogenated alkanes) is 1. The van der Waals surface area contributed by atoms with Crippen molar-refractivity contribution in [2.75, 3.05) is 25.4 Å². The van der Waals surface area contributed by atoms with Crippen LogP contribution in [-0.4, -0.2) is 61.0 Å². The summed E-state index contributed by atoms with van der Waals surface area (Å²) in [5.74, 6) is 0.734. The van der Waals surface area contributed by atoms with E-state index < -0.39 is 22.0 Å². The van der Waals surface area contributed by atoms with Crippen molar-refractivity contribution in [3.05, 3.63) is 65.7 Å². The van der Waals surface area contributed by atoms with Crippen molar-refractivity contribution in [3.8, 4) is 5.75 Å². The Hall–Kier alpha value is -2.42. The van der Waals surface area contributed by atoms with Crippen LogP contribution in [0.5, 0.6) is 5.75 Å². The van der Waals surface area contributed by atoms with Crippen molar-refractivity contribution in [3.63, 3.8) is 0 Å². The van der Waals surface area contributed by atoms with Crippen LogP contribution in [-0.2, 0) is 21.2 Å². The van der Waals surface area contributed by atoms with E-state index in [4.69, 9.17) is 4.74 Å². The number of aliphatic hydroxyl groups is 1. The first-order valence-corrected chi connectivity index (χ1v) is 16.3. The largest absolute Gasteiger partial charge is 0.489 e. The van der Waals surface area contributed by atoms with Gasteiger partial charge in [-0.15, -0.1) is 0 Å². The topological polar surface area (TPSA) is 95.9 Å². The third kappa shape index (κ3) is 9.33. The maximum Gasteiger partial charge on any atom is 0.220 e. The molecular weight excluding hydrogens is 512 g/mol.